The van der Waals surface area contributed by atoms with Crippen LogP contribution in [0.5, 0.6) is 0 Å². The Morgan fingerprint density at radius 1 is 1.00 bits per heavy atom. The van der Waals surface area contributed by atoms with Crippen molar-refractivity contribution in [3.63, 3.8) is 0 Å². The highest BCUT2D eigenvalue weighted by Crippen LogP contribution is 2.06. The molecule has 0 aromatic rings. The molecule has 10 heteroatoms. The summed E-state index contributed by atoms with van der Waals surface area (Å²) in [5.41, 5.74) is -2.48. The molecule has 0 aromatic carbocycles. The van der Waals surface area contributed by atoms with Gasteiger partial charge in [0.2, 0.25) is 5.44 Å². The Kier molecular flexibility index (Phi) is 4.42. The van der Waals surface area contributed by atoms with Gasteiger partial charge in [0.05, 0.1) is 11.9 Å². The van der Waals surface area contributed by atoms with Gasteiger partial charge in [0.15, 0.2) is 0 Å². The highest BCUT2D eigenvalue weighted by atomic mass is 32.2. The van der Waals surface area contributed by atoms with E-state index in [2.05, 4.69) is 0 Å². The first-order valence-corrected chi connectivity index (χ1v) is 6.43. The third kappa shape index (κ3) is 5.47. The second kappa shape index (κ2) is 4.51. The van der Waals surface area contributed by atoms with E-state index in [0.29, 0.717) is 0 Å². The number of aliphatic hydroxyl groups excluding tert-OH is 2. The highest BCUT2D eigenvalue weighted by molar-refractivity contribution is 7.86. The van der Waals surface area contributed by atoms with Crippen LogP contribution in [0.25, 0.3) is 0 Å². The minimum atomic E-state index is -4.84. The second-order valence-corrected chi connectivity index (χ2v) is 5.63. The number of hydrogen-bond donors (Lipinski definition) is 4. The summed E-state index contributed by atoms with van der Waals surface area (Å²) < 4.78 is 57.2. The molecule has 0 heterocycles. The zero-order valence-electron chi connectivity index (χ0n) is 6.81. The average Bonchev–Trinajstić information content (AvgIpc) is 1.95. The Hall–Kier alpha value is -0.260. The second-order valence-electron chi connectivity index (χ2n) is 2.55. The van der Waals surface area contributed by atoms with Gasteiger partial charge in [0.25, 0.3) is 20.2 Å². The molecule has 0 bridgehead atoms. The SMILES string of the molecule is O=S(=O)(O)CCC(O)C(O)S(=O)(=O)O. The smallest absolute Gasteiger partial charge is 0.294 e. The fourth-order valence-corrected chi connectivity index (χ4v) is 1.68. The van der Waals surface area contributed by atoms with Gasteiger partial charge in [-0.25, -0.2) is 0 Å². The van der Waals surface area contributed by atoms with Gasteiger partial charge in [-0.2, -0.15) is 16.8 Å². The predicted octanol–water partition coefficient (Wildman–Crippen LogP) is -2.17. The minimum Gasteiger partial charge on any atom is -0.389 e. The largest absolute Gasteiger partial charge is 0.389 e. The Morgan fingerprint density at radius 3 is 1.71 bits per heavy atom. The third-order valence-corrected chi connectivity index (χ3v) is 2.98. The summed E-state index contributed by atoms with van der Waals surface area (Å²) in [6.45, 7) is 0. The van der Waals surface area contributed by atoms with Crippen molar-refractivity contribution in [3.8, 4) is 0 Å². The fourth-order valence-electron chi connectivity index (χ4n) is 0.611. The van der Waals surface area contributed by atoms with E-state index < -0.39 is 43.9 Å². The van der Waals surface area contributed by atoms with Gasteiger partial charge < -0.3 is 10.2 Å². The lowest BCUT2D eigenvalue weighted by molar-refractivity contribution is 0.0602. The zero-order chi connectivity index (χ0) is 11.6. The van der Waals surface area contributed by atoms with E-state index in [1.54, 1.807) is 0 Å². The molecule has 0 saturated heterocycles. The van der Waals surface area contributed by atoms with Crippen molar-refractivity contribution < 1.29 is 36.2 Å². The minimum absolute atomic E-state index is 0.709. The molecule has 0 radical (unpaired) electrons. The topological polar surface area (TPSA) is 149 Å². The van der Waals surface area contributed by atoms with Crippen LogP contribution in [0, 0.1) is 0 Å². The molecule has 0 spiro atoms. The van der Waals surface area contributed by atoms with Crippen molar-refractivity contribution in [2.24, 2.45) is 0 Å². The summed E-state index contributed by atoms with van der Waals surface area (Å²) in [6.07, 6.45) is -2.69. The summed E-state index contributed by atoms with van der Waals surface area (Å²) in [5.74, 6) is -0.916. The predicted molar refractivity (Wildman–Crippen MR) is 44.6 cm³/mol. The molecule has 2 unspecified atom stereocenters. The zero-order valence-corrected chi connectivity index (χ0v) is 8.44. The molecule has 0 aliphatic heterocycles. The van der Waals surface area contributed by atoms with Crippen LogP contribution in [-0.2, 0) is 20.2 Å². The first-order chi connectivity index (χ1) is 6.04. The number of rotatable bonds is 5. The molecule has 8 nitrogen and oxygen atoms in total. The molecule has 0 fully saturated rings. The van der Waals surface area contributed by atoms with Crippen LogP contribution in [0.1, 0.15) is 6.42 Å². The maximum Gasteiger partial charge on any atom is 0.294 e. The Morgan fingerprint density at radius 2 is 1.43 bits per heavy atom. The molecule has 86 valence electrons. The lowest BCUT2D eigenvalue weighted by Gasteiger charge is -2.13. The third-order valence-electron chi connectivity index (χ3n) is 1.31. The van der Waals surface area contributed by atoms with Gasteiger partial charge in [0, 0.05) is 0 Å². The number of aliphatic hydroxyl groups is 2. The van der Waals surface area contributed by atoms with Crippen LogP contribution in [0.3, 0.4) is 0 Å². The van der Waals surface area contributed by atoms with Gasteiger partial charge in [0.1, 0.15) is 0 Å². The van der Waals surface area contributed by atoms with Crippen molar-refractivity contribution in [3.05, 3.63) is 0 Å². The van der Waals surface area contributed by atoms with E-state index in [1.807, 2.05) is 0 Å². The maximum absolute atomic E-state index is 10.2. The molecule has 0 aromatic heterocycles. The van der Waals surface area contributed by atoms with Crippen LogP contribution in [-0.4, -0.2) is 53.4 Å². The average molecular weight is 250 g/mol. The van der Waals surface area contributed by atoms with Crippen LogP contribution >= 0.6 is 0 Å². The van der Waals surface area contributed by atoms with Gasteiger partial charge >= 0.3 is 0 Å². The van der Waals surface area contributed by atoms with E-state index in [9.17, 15) is 16.8 Å². The summed E-state index contributed by atoms with van der Waals surface area (Å²) in [6, 6.07) is 0. The monoisotopic (exact) mass is 250 g/mol. The molecule has 0 saturated carbocycles. The van der Waals surface area contributed by atoms with E-state index in [4.69, 9.17) is 19.3 Å². The van der Waals surface area contributed by atoms with Crippen LogP contribution in [0.15, 0.2) is 0 Å². The molecule has 0 aliphatic rings. The van der Waals surface area contributed by atoms with E-state index in [1.165, 1.54) is 0 Å². The van der Waals surface area contributed by atoms with Gasteiger partial charge in [-0.05, 0) is 6.42 Å². The molecule has 0 rings (SSSR count). The first-order valence-electron chi connectivity index (χ1n) is 3.31. The van der Waals surface area contributed by atoms with E-state index in [-0.39, 0.29) is 0 Å². The Balaban J connectivity index is 4.31. The molecule has 4 N–H and O–H groups in total. The molecule has 0 amide bonds. The lowest BCUT2D eigenvalue weighted by atomic mass is 10.3. The van der Waals surface area contributed by atoms with E-state index >= 15 is 0 Å². The summed E-state index contributed by atoms with van der Waals surface area (Å²) in [4.78, 5) is 0. The molecule has 0 aliphatic carbocycles. The molecular weight excluding hydrogens is 240 g/mol. The van der Waals surface area contributed by atoms with Crippen LogP contribution < -0.4 is 0 Å². The summed E-state index contributed by atoms with van der Waals surface area (Å²) in [7, 11) is -9.19. The maximum atomic E-state index is 10.2. The molecular formula is C4H10O8S2. The first kappa shape index (κ1) is 13.7. The molecule has 14 heavy (non-hydrogen) atoms. The number of hydrogen-bond acceptors (Lipinski definition) is 6. The lowest BCUT2D eigenvalue weighted by Crippen LogP contribution is -2.34. The molecule has 2 atom stereocenters. The Bertz CT molecular complexity index is 366. The van der Waals surface area contributed by atoms with E-state index in [0.717, 1.165) is 0 Å². The van der Waals surface area contributed by atoms with Gasteiger partial charge in [-0.3, -0.25) is 9.11 Å². The quantitative estimate of drug-likeness (QED) is 0.403. The highest BCUT2D eigenvalue weighted by Gasteiger charge is 2.29. The van der Waals surface area contributed by atoms with Crippen molar-refractivity contribution >= 4 is 20.2 Å². The summed E-state index contributed by atoms with van der Waals surface area (Å²) >= 11 is 0. The standard InChI is InChI=1S/C4H10O8S2/c5-3(1-2-13(7,8)9)4(6)14(10,11)12/h3-6H,1-2H2,(H,7,8,9)(H,10,11,12). The van der Waals surface area contributed by atoms with Crippen molar-refractivity contribution in [1.82, 2.24) is 0 Å². The normalized spacial score (nSPS) is 17.7. The van der Waals surface area contributed by atoms with Gasteiger partial charge in [-0.1, -0.05) is 0 Å². The fraction of sp³-hybridized carbons (Fsp3) is 1.00. The summed E-state index contributed by atoms with van der Waals surface area (Å²) in [5, 5.41) is 17.5. The van der Waals surface area contributed by atoms with Crippen molar-refractivity contribution in [2.75, 3.05) is 5.75 Å². The van der Waals surface area contributed by atoms with Crippen molar-refractivity contribution in [1.29, 1.82) is 0 Å². The van der Waals surface area contributed by atoms with Crippen LogP contribution in [0.2, 0.25) is 0 Å². The Labute approximate surface area is 80.7 Å². The van der Waals surface area contributed by atoms with Crippen molar-refractivity contribution in [2.45, 2.75) is 18.0 Å². The van der Waals surface area contributed by atoms with Crippen LogP contribution in [0.4, 0.5) is 0 Å². The van der Waals surface area contributed by atoms with Gasteiger partial charge in [-0.15, -0.1) is 0 Å².